The zero-order valence-electron chi connectivity index (χ0n) is 11.6. The van der Waals surface area contributed by atoms with Gasteiger partial charge in [0.05, 0.1) is 0 Å². The Morgan fingerprint density at radius 1 is 0.895 bits per heavy atom. The lowest BCUT2D eigenvalue weighted by molar-refractivity contribution is -0.138. The summed E-state index contributed by atoms with van der Waals surface area (Å²) >= 11 is 0. The van der Waals surface area contributed by atoms with E-state index >= 15 is 0 Å². The minimum absolute atomic E-state index is 0.0259. The molecule has 3 nitrogen and oxygen atoms in total. The number of aliphatic imine (C=N–C) groups is 1. The number of nitrogens with zero attached hydrogens (tertiary/aromatic N) is 1. The molecule has 0 aromatic rings. The number of carbonyl (C=O) groups excluding carboxylic acids is 2. The van der Waals surface area contributed by atoms with Crippen molar-refractivity contribution in [2.24, 2.45) is 16.3 Å². The van der Waals surface area contributed by atoms with Crippen molar-refractivity contribution in [1.29, 1.82) is 0 Å². The first-order chi connectivity index (χ1) is 9.20. The Morgan fingerprint density at radius 2 is 1.58 bits per heavy atom. The van der Waals surface area contributed by atoms with Gasteiger partial charge in [0, 0.05) is 25.1 Å². The van der Waals surface area contributed by atoms with Crippen molar-refractivity contribution in [3.63, 3.8) is 0 Å². The van der Waals surface area contributed by atoms with Gasteiger partial charge >= 0.3 is 0 Å². The van der Waals surface area contributed by atoms with Crippen LogP contribution in [0.25, 0.3) is 0 Å². The van der Waals surface area contributed by atoms with Crippen LogP contribution in [-0.2, 0) is 9.59 Å². The molecule has 3 heteroatoms. The first-order valence-corrected chi connectivity index (χ1v) is 7.79. The summed E-state index contributed by atoms with van der Waals surface area (Å²) in [6.07, 6.45) is 10.1. The lowest BCUT2D eigenvalue weighted by Crippen LogP contribution is -2.45. The third-order valence-electron chi connectivity index (χ3n) is 5.15. The van der Waals surface area contributed by atoms with Crippen LogP contribution in [0.15, 0.2) is 4.99 Å². The van der Waals surface area contributed by atoms with E-state index in [2.05, 4.69) is 4.99 Å². The number of Topliss-reactive ketones (excluding diaryl/α,β-unsaturated/α-hetero) is 2. The average Bonchev–Trinajstić information content (AvgIpc) is 2.40. The second-order valence-corrected chi connectivity index (χ2v) is 6.61. The summed E-state index contributed by atoms with van der Waals surface area (Å²) < 4.78 is 0. The van der Waals surface area contributed by atoms with E-state index in [0.29, 0.717) is 12.8 Å². The monoisotopic (exact) mass is 261 g/mol. The van der Waals surface area contributed by atoms with Crippen LogP contribution in [0.2, 0.25) is 0 Å². The molecule has 0 aromatic carbocycles. The summed E-state index contributed by atoms with van der Waals surface area (Å²) in [4.78, 5) is 29.4. The molecule has 0 amide bonds. The molecule has 1 heterocycles. The van der Waals surface area contributed by atoms with Crippen molar-refractivity contribution in [1.82, 2.24) is 0 Å². The van der Waals surface area contributed by atoms with Crippen LogP contribution in [0.4, 0.5) is 0 Å². The minimum atomic E-state index is -0.465. The molecule has 2 fully saturated rings. The molecule has 19 heavy (non-hydrogen) atoms. The molecule has 1 aliphatic heterocycles. The van der Waals surface area contributed by atoms with Gasteiger partial charge in [0.15, 0.2) is 0 Å². The molecule has 1 spiro atoms. The molecule has 3 rings (SSSR count). The van der Waals surface area contributed by atoms with E-state index in [1.807, 2.05) is 0 Å². The predicted molar refractivity (Wildman–Crippen MR) is 74.4 cm³/mol. The Balaban J connectivity index is 1.77. The van der Waals surface area contributed by atoms with Crippen LogP contribution in [-0.4, -0.2) is 23.8 Å². The van der Waals surface area contributed by atoms with Gasteiger partial charge in [0.1, 0.15) is 17.5 Å². The van der Waals surface area contributed by atoms with E-state index in [4.69, 9.17) is 0 Å². The van der Waals surface area contributed by atoms with Crippen LogP contribution >= 0.6 is 0 Å². The van der Waals surface area contributed by atoms with Crippen LogP contribution in [0, 0.1) is 11.3 Å². The molecule has 0 bridgehead atoms. The minimum Gasteiger partial charge on any atom is -0.298 e. The topological polar surface area (TPSA) is 46.5 Å². The average molecular weight is 261 g/mol. The maximum Gasteiger partial charge on any atom is 0.149 e. The predicted octanol–water partition coefficient (Wildman–Crippen LogP) is 3.11. The van der Waals surface area contributed by atoms with Crippen LogP contribution in [0.5, 0.6) is 0 Å². The lowest BCUT2D eigenvalue weighted by atomic mass is 9.61. The first-order valence-electron chi connectivity index (χ1n) is 7.79. The third-order valence-corrected chi connectivity index (χ3v) is 5.15. The summed E-state index contributed by atoms with van der Waals surface area (Å²) in [5, 5.41) is 0. The summed E-state index contributed by atoms with van der Waals surface area (Å²) in [5.74, 6) is -0.134. The lowest BCUT2D eigenvalue weighted by Gasteiger charge is -2.41. The SMILES string of the molecule is O=C1CC2(CCCCC2)CC(=O)C1C1=NCCCC1. The van der Waals surface area contributed by atoms with Gasteiger partial charge in [-0.1, -0.05) is 19.3 Å². The van der Waals surface area contributed by atoms with Gasteiger partial charge in [-0.15, -0.1) is 0 Å². The fourth-order valence-electron chi connectivity index (χ4n) is 4.17. The van der Waals surface area contributed by atoms with Gasteiger partial charge in [-0.05, 0) is 37.5 Å². The first kappa shape index (κ1) is 13.0. The molecule has 2 aliphatic carbocycles. The number of carbonyl (C=O) groups is 2. The van der Waals surface area contributed by atoms with Crippen molar-refractivity contribution in [3.8, 4) is 0 Å². The Morgan fingerprint density at radius 3 is 2.16 bits per heavy atom. The Kier molecular flexibility index (Phi) is 3.55. The molecular weight excluding hydrogens is 238 g/mol. The largest absolute Gasteiger partial charge is 0.298 e. The number of ketones is 2. The summed E-state index contributed by atoms with van der Waals surface area (Å²) in [6.45, 7) is 0.803. The normalized spacial score (nSPS) is 28.5. The molecular formula is C16H23NO2. The fourth-order valence-corrected chi connectivity index (χ4v) is 4.17. The van der Waals surface area contributed by atoms with Gasteiger partial charge in [0.25, 0.3) is 0 Å². The van der Waals surface area contributed by atoms with Crippen molar-refractivity contribution in [2.75, 3.05) is 6.54 Å². The highest BCUT2D eigenvalue weighted by molar-refractivity contribution is 6.22. The molecule has 3 aliphatic rings. The molecule has 2 saturated carbocycles. The standard InChI is InChI=1S/C16H23NO2/c18-13-10-16(7-3-1-4-8-16)11-14(19)15(13)12-6-2-5-9-17-12/h15H,1-11H2. The zero-order valence-corrected chi connectivity index (χ0v) is 11.6. The second-order valence-electron chi connectivity index (χ2n) is 6.61. The summed E-state index contributed by atoms with van der Waals surface area (Å²) in [7, 11) is 0. The van der Waals surface area contributed by atoms with E-state index in [-0.39, 0.29) is 17.0 Å². The van der Waals surface area contributed by atoms with Crippen molar-refractivity contribution in [3.05, 3.63) is 0 Å². The second kappa shape index (κ2) is 5.18. The van der Waals surface area contributed by atoms with E-state index in [9.17, 15) is 9.59 Å². The van der Waals surface area contributed by atoms with Gasteiger partial charge in [-0.25, -0.2) is 0 Å². The highest BCUT2D eigenvalue weighted by Gasteiger charge is 2.46. The smallest absolute Gasteiger partial charge is 0.149 e. The van der Waals surface area contributed by atoms with E-state index in [1.54, 1.807) is 0 Å². The van der Waals surface area contributed by atoms with Gasteiger partial charge < -0.3 is 0 Å². The van der Waals surface area contributed by atoms with Gasteiger partial charge in [-0.3, -0.25) is 14.6 Å². The molecule has 0 atom stereocenters. The van der Waals surface area contributed by atoms with Crippen molar-refractivity contribution >= 4 is 17.3 Å². The van der Waals surface area contributed by atoms with Crippen LogP contribution in [0.3, 0.4) is 0 Å². The quantitative estimate of drug-likeness (QED) is 0.681. The zero-order chi connectivity index (χ0) is 13.3. The third kappa shape index (κ3) is 2.52. The molecule has 0 radical (unpaired) electrons. The van der Waals surface area contributed by atoms with E-state index < -0.39 is 5.92 Å². The van der Waals surface area contributed by atoms with Gasteiger partial charge in [0.2, 0.25) is 0 Å². The maximum atomic E-state index is 12.5. The number of rotatable bonds is 1. The van der Waals surface area contributed by atoms with Crippen molar-refractivity contribution < 1.29 is 9.59 Å². The van der Waals surface area contributed by atoms with Gasteiger partial charge in [-0.2, -0.15) is 0 Å². The Labute approximate surface area is 114 Å². The Hall–Kier alpha value is -0.990. The molecule has 0 unspecified atom stereocenters. The molecule has 0 N–H and O–H groups in total. The highest BCUT2D eigenvalue weighted by Crippen LogP contribution is 2.46. The number of hydrogen-bond acceptors (Lipinski definition) is 3. The highest BCUT2D eigenvalue weighted by atomic mass is 16.2. The van der Waals surface area contributed by atoms with E-state index in [0.717, 1.165) is 44.4 Å². The summed E-state index contributed by atoms with van der Waals surface area (Å²) in [5.41, 5.74) is 0.921. The molecule has 0 aromatic heterocycles. The van der Waals surface area contributed by atoms with Crippen LogP contribution < -0.4 is 0 Å². The fraction of sp³-hybridized carbons (Fsp3) is 0.812. The van der Waals surface area contributed by atoms with E-state index in [1.165, 1.54) is 19.3 Å². The van der Waals surface area contributed by atoms with Crippen LogP contribution in [0.1, 0.15) is 64.2 Å². The molecule has 0 saturated heterocycles. The maximum absolute atomic E-state index is 12.5. The number of hydrogen-bond donors (Lipinski definition) is 0. The summed E-state index contributed by atoms with van der Waals surface area (Å²) in [6, 6.07) is 0. The van der Waals surface area contributed by atoms with Crippen molar-refractivity contribution in [2.45, 2.75) is 64.2 Å². The Bertz CT molecular complexity index is 398. The molecule has 104 valence electrons.